The van der Waals surface area contributed by atoms with Crippen molar-refractivity contribution in [3.63, 3.8) is 0 Å². The standard InChI is InChI=1S/C5H9O2Si/c1-2-5-4-7-8(5)6-3-1/h5H,1-4H2. The lowest BCUT2D eigenvalue weighted by Gasteiger charge is -2.36. The molecule has 0 aliphatic carbocycles. The first-order valence-electron chi connectivity index (χ1n) is 3.09. The summed E-state index contributed by atoms with van der Waals surface area (Å²) >= 11 is 0. The summed E-state index contributed by atoms with van der Waals surface area (Å²) in [7, 11) is -0.690. The van der Waals surface area contributed by atoms with Crippen molar-refractivity contribution in [3.8, 4) is 0 Å². The highest BCUT2D eigenvalue weighted by Crippen LogP contribution is 2.32. The number of rotatable bonds is 0. The molecular weight excluding hydrogens is 120 g/mol. The summed E-state index contributed by atoms with van der Waals surface area (Å²) in [5, 5.41) is 0. The van der Waals surface area contributed by atoms with Gasteiger partial charge in [0.25, 0.3) is 0 Å². The van der Waals surface area contributed by atoms with Gasteiger partial charge in [0.2, 0.25) is 0 Å². The minimum Gasteiger partial charge on any atom is -0.393 e. The van der Waals surface area contributed by atoms with Gasteiger partial charge in [0.05, 0.1) is 0 Å². The molecule has 0 saturated carbocycles. The molecule has 1 atom stereocenters. The topological polar surface area (TPSA) is 18.5 Å². The van der Waals surface area contributed by atoms with E-state index in [1.165, 1.54) is 12.8 Å². The third kappa shape index (κ3) is 0.622. The Kier molecular flexibility index (Phi) is 1.13. The highest BCUT2D eigenvalue weighted by Gasteiger charge is 2.39. The fourth-order valence-corrected chi connectivity index (χ4v) is 2.78. The van der Waals surface area contributed by atoms with Crippen molar-refractivity contribution < 1.29 is 8.85 Å². The van der Waals surface area contributed by atoms with Gasteiger partial charge in [-0.05, 0) is 12.8 Å². The Labute approximate surface area is 50.6 Å². The van der Waals surface area contributed by atoms with Crippen LogP contribution in [0, 0.1) is 0 Å². The maximum Gasteiger partial charge on any atom is 0.390 e. The van der Waals surface area contributed by atoms with Gasteiger partial charge in [-0.3, -0.25) is 0 Å². The molecule has 1 unspecified atom stereocenters. The summed E-state index contributed by atoms with van der Waals surface area (Å²) in [4.78, 5) is 0. The monoisotopic (exact) mass is 129 g/mol. The molecule has 2 saturated heterocycles. The molecule has 2 fully saturated rings. The maximum absolute atomic E-state index is 5.36. The predicted molar refractivity (Wildman–Crippen MR) is 30.6 cm³/mol. The Morgan fingerprint density at radius 2 is 2.38 bits per heavy atom. The molecule has 0 N–H and O–H groups in total. The minimum absolute atomic E-state index is 0.690. The minimum atomic E-state index is -0.690. The summed E-state index contributed by atoms with van der Waals surface area (Å²) in [6.07, 6.45) is 2.61. The quantitative estimate of drug-likeness (QED) is 0.448. The maximum atomic E-state index is 5.36. The molecule has 0 bridgehead atoms. The van der Waals surface area contributed by atoms with Gasteiger partial charge in [0, 0.05) is 18.8 Å². The fraction of sp³-hybridized carbons (Fsp3) is 1.00. The van der Waals surface area contributed by atoms with Crippen LogP contribution in [0.15, 0.2) is 0 Å². The van der Waals surface area contributed by atoms with Crippen LogP contribution in [0.4, 0.5) is 0 Å². The molecule has 3 heteroatoms. The molecule has 0 amide bonds. The first-order chi connectivity index (χ1) is 3.97. The van der Waals surface area contributed by atoms with Gasteiger partial charge < -0.3 is 8.85 Å². The second kappa shape index (κ2) is 1.82. The lowest BCUT2D eigenvalue weighted by molar-refractivity contribution is 0.0905. The van der Waals surface area contributed by atoms with Crippen molar-refractivity contribution >= 4 is 9.28 Å². The van der Waals surface area contributed by atoms with Crippen molar-refractivity contribution in [2.45, 2.75) is 18.4 Å². The van der Waals surface area contributed by atoms with Crippen LogP contribution in [0.3, 0.4) is 0 Å². The highest BCUT2D eigenvalue weighted by molar-refractivity contribution is 6.49. The third-order valence-corrected chi connectivity index (χ3v) is 3.76. The molecule has 0 aromatic rings. The van der Waals surface area contributed by atoms with Gasteiger partial charge in [-0.2, -0.15) is 0 Å². The molecule has 0 aromatic heterocycles. The Morgan fingerprint density at radius 3 is 2.75 bits per heavy atom. The zero-order valence-electron chi connectivity index (χ0n) is 4.72. The van der Waals surface area contributed by atoms with Crippen LogP contribution in [0.5, 0.6) is 0 Å². The zero-order valence-corrected chi connectivity index (χ0v) is 5.72. The van der Waals surface area contributed by atoms with Gasteiger partial charge >= 0.3 is 9.28 Å². The largest absolute Gasteiger partial charge is 0.393 e. The van der Waals surface area contributed by atoms with Crippen LogP contribution in [0.2, 0.25) is 5.54 Å². The smallest absolute Gasteiger partial charge is 0.390 e. The predicted octanol–water partition coefficient (Wildman–Crippen LogP) is 0.685. The Hall–Kier alpha value is 0.137. The average Bonchev–Trinajstić information content (AvgIpc) is 1.72. The fourth-order valence-electron chi connectivity index (χ4n) is 1.13. The van der Waals surface area contributed by atoms with E-state index >= 15 is 0 Å². The van der Waals surface area contributed by atoms with E-state index in [-0.39, 0.29) is 0 Å². The van der Waals surface area contributed by atoms with E-state index in [1.807, 2.05) is 0 Å². The molecule has 2 aliphatic rings. The second-order valence-corrected chi connectivity index (χ2v) is 4.35. The first-order valence-corrected chi connectivity index (χ1v) is 4.48. The summed E-state index contributed by atoms with van der Waals surface area (Å²) in [5.41, 5.74) is 0.841. The van der Waals surface area contributed by atoms with Gasteiger partial charge in [0.15, 0.2) is 0 Å². The Morgan fingerprint density at radius 1 is 1.38 bits per heavy atom. The van der Waals surface area contributed by atoms with Crippen LogP contribution in [0.25, 0.3) is 0 Å². The Balaban J connectivity index is 1.92. The third-order valence-electron chi connectivity index (χ3n) is 1.70. The molecule has 0 spiro atoms. The summed E-state index contributed by atoms with van der Waals surface area (Å²) in [6, 6.07) is 0. The number of fused-ring (bicyclic) bond motifs is 1. The van der Waals surface area contributed by atoms with Gasteiger partial charge in [-0.15, -0.1) is 0 Å². The molecule has 2 nitrogen and oxygen atoms in total. The van der Waals surface area contributed by atoms with Crippen LogP contribution < -0.4 is 0 Å². The molecule has 0 aromatic carbocycles. The van der Waals surface area contributed by atoms with Gasteiger partial charge in [-0.25, -0.2) is 0 Å². The lowest BCUT2D eigenvalue weighted by Crippen LogP contribution is -2.45. The zero-order chi connectivity index (χ0) is 5.40. The van der Waals surface area contributed by atoms with Crippen LogP contribution in [0.1, 0.15) is 12.8 Å². The molecule has 8 heavy (non-hydrogen) atoms. The molecule has 45 valence electrons. The van der Waals surface area contributed by atoms with E-state index in [2.05, 4.69) is 0 Å². The molecule has 2 aliphatic heterocycles. The van der Waals surface area contributed by atoms with E-state index in [4.69, 9.17) is 8.85 Å². The van der Waals surface area contributed by atoms with Crippen LogP contribution >= 0.6 is 0 Å². The highest BCUT2D eigenvalue weighted by atomic mass is 28.3. The average molecular weight is 129 g/mol. The number of hydrogen-bond donors (Lipinski definition) is 0. The van der Waals surface area contributed by atoms with Crippen LogP contribution in [-0.2, 0) is 8.85 Å². The molecular formula is C5H9O2Si. The SMILES string of the molecule is C1CO[Si]2OCC2C1. The summed E-state index contributed by atoms with van der Waals surface area (Å²) in [6.45, 7) is 1.93. The van der Waals surface area contributed by atoms with E-state index in [0.717, 1.165) is 18.8 Å². The summed E-state index contributed by atoms with van der Waals surface area (Å²) < 4.78 is 10.6. The number of hydrogen-bond acceptors (Lipinski definition) is 2. The lowest BCUT2D eigenvalue weighted by atomic mass is 10.2. The summed E-state index contributed by atoms with van der Waals surface area (Å²) in [5.74, 6) is 0. The van der Waals surface area contributed by atoms with Crippen LogP contribution in [-0.4, -0.2) is 22.5 Å². The van der Waals surface area contributed by atoms with E-state index < -0.39 is 9.28 Å². The van der Waals surface area contributed by atoms with E-state index in [0.29, 0.717) is 0 Å². The Bertz CT molecular complexity index is 84.4. The van der Waals surface area contributed by atoms with Gasteiger partial charge in [0.1, 0.15) is 0 Å². The van der Waals surface area contributed by atoms with Crippen molar-refractivity contribution in [3.05, 3.63) is 0 Å². The molecule has 2 heterocycles. The van der Waals surface area contributed by atoms with Crippen molar-refractivity contribution in [2.75, 3.05) is 13.2 Å². The van der Waals surface area contributed by atoms with Gasteiger partial charge in [-0.1, -0.05) is 0 Å². The van der Waals surface area contributed by atoms with E-state index in [1.54, 1.807) is 0 Å². The first kappa shape index (κ1) is 4.96. The van der Waals surface area contributed by atoms with Crippen molar-refractivity contribution in [2.24, 2.45) is 0 Å². The molecule has 1 radical (unpaired) electrons. The van der Waals surface area contributed by atoms with E-state index in [9.17, 15) is 0 Å². The van der Waals surface area contributed by atoms with Crippen molar-refractivity contribution in [1.82, 2.24) is 0 Å². The second-order valence-electron chi connectivity index (χ2n) is 2.32. The normalized spacial score (nSPS) is 38.2. The van der Waals surface area contributed by atoms with Crippen molar-refractivity contribution in [1.29, 1.82) is 0 Å². The molecule has 2 rings (SSSR count).